The van der Waals surface area contributed by atoms with Gasteiger partial charge in [-0.1, -0.05) is 24.3 Å². The minimum Gasteiger partial charge on any atom is -0.461 e. The summed E-state index contributed by atoms with van der Waals surface area (Å²) >= 11 is 0. The van der Waals surface area contributed by atoms with E-state index in [1.54, 1.807) is 6.07 Å². The van der Waals surface area contributed by atoms with Gasteiger partial charge in [0.15, 0.2) is 0 Å². The predicted octanol–water partition coefficient (Wildman–Crippen LogP) is 4.80. The number of aryl methyl sites for hydroxylation is 2. The quantitative estimate of drug-likeness (QED) is 0.738. The number of hydrogen-bond donors (Lipinski definition) is 1. The Morgan fingerprint density at radius 1 is 1.10 bits per heavy atom. The third-order valence-electron chi connectivity index (χ3n) is 3.56. The summed E-state index contributed by atoms with van der Waals surface area (Å²) in [4.78, 5) is 0. The summed E-state index contributed by atoms with van der Waals surface area (Å²) in [7, 11) is 0. The van der Waals surface area contributed by atoms with Crippen LogP contribution in [-0.2, 0) is 6.54 Å². The molecule has 3 aromatic rings. The summed E-state index contributed by atoms with van der Waals surface area (Å²) in [6, 6.07) is 12.7. The molecule has 0 aliphatic heterocycles. The van der Waals surface area contributed by atoms with Gasteiger partial charge in [0.2, 0.25) is 0 Å². The van der Waals surface area contributed by atoms with Crippen molar-refractivity contribution in [3.8, 4) is 0 Å². The van der Waals surface area contributed by atoms with Gasteiger partial charge in [-0.25, -0.2) is 4.39 Å². The Balaban J connectivity index is 1.90. The molecule has 0 radical (unpaired) electrons. The summed E-state index contributed by atoms with van der Waals surface area (Å²) in [5, 5.41) is 4.39. The fraction of sp³-hybridized carbons (Fsp3) is 0.176. The van der Waals surface area contributed by atoms with Crippen LogP contribution < -0.4 is 5.32 Å². The minimum atomic E-state index is -0.230. The van der Waals surface area contributed by atoms with Gasteiger partial charge in [0.25, 0.3) is 0 Å². The molecule has 0 amide bonds. The standard InChI is InChI=1S/C17H16FNO/c1-11-7-8-13(18)9-16(11)19-10-15-12(2)20-17-6-4-3-5-14(15)17/h3-9,19H,10H2,1-2H3. The van der Waals surface area contributed by atoms with E-state index in [1.165, 1.54) is 12.1 Å². The van der Waals surface area contributed by atoms with E-state index in [1.807, 2.05) is 38.1 Å². The number of benzene rings is 2. The molecule has 2 nitrogen and oxygen atoms in total. The SMILES string of the molecule is Cc1ccc(F)cc1NCc1c(C)oc2ccccc12. The number of nitrogens with one attached hydrogen (secondary N) is 1. The third-order valence-corrected chi connectivity index (χ3v) is 3.56. The molecule has 0 aliphatic rings. The second-order valence-corrected chi connectivity index (χ2v) is 4.95. The Hall–Kier alpha value is -2.29. The fourth-order valence-electron chi connectivity index (χ4n) is 2.41. The summed E-state index contributed by atoms with van der Waals surface area (Å²) in [5.74, 6) is 0.666. The van der Waals surface area contributed by atoms with Crippen molar-refractivity contribution in [3.63, 3.8) is 0 Å². The van der Waals surface area contributed by atoms with E-state index in [0.717, 1.165) is 33.5 Å². The van der Waals surface area contributed by atoms with Gasteiger partial charge in [0.05, 0.1) is 0 Å². The van der Waals surface area contributed by atoms with Crippen LogP contribution in [0.1, 0.15) is 16.9 Å². The number of hydrogen-bond acceptors (Lipinski definition) is 2. The molecule has 3 heteroatoms. The average molecular weight is 269 g/mol. The fourth-order valence-corrected chi connectivity index (χ4v) is 2.41. The van der Waals surface area contributed by atoms with Crippen molar-refractivity contribution in [1.82, 2.24) is 0 Å². The summed E-state index contributed by atoms with van der Waals surface area (Å²) in [5.41, 5.74) is 3.84. The van der Waals surface area contributed by atoms with Crippen LogP contribution in [0, 0.1) is 19.7 Å². The van der Waals surface area contributed by atoms with E-state index in [2.05, 4.69) is 5.32 Å². The lowest BCUT2D eigenvalue weighted by Crippen LogP contribution is -2.02. The minimum absolute atomic E-state index is 0.230. The van der Waals surface area contributed by atoms with Gasteiger partial charge in [0, 0.05) is 23.2 Å². The second kappa shape index (κ2) is 5.00. The van der Waals surface area contributed by atoms with Crippen molar-refractivity contribution in [1.29, 1.82) is 0 Å². The van der Waals surface area contributed by atoms with Crippen LogP contribution in [0.2, 0.25) is 0 Å². The Kier molecular flexibility index (Phi) is 3.18. The highest BCUT2D eigenvalue weighted by Crippen LogP contribution is 2.26. The molecule has 0 fully saturated rings. The van der Waals surface area contributed by atoms with Crippen LogP contribution in [0.25, 0.3) is 11.0 Å². The van der Waals surface area contributed by atoms with Crippen molar-refractivity contribution in [2.24, 2.45) is 0 Å². The van der Waals surface area contributed by atoms with E-state index in [0.29, 0.717) is 6.54 Å². The highest BCUT2D eigenvalue weighted by atomic mass is 19.1. The highest BCUT2D eigenvalue weighted by molar-refractivity contribution is 5.82. The maximum absolute atomic E-state index is 13.3. The first kappa shape index (κ1) is 12.7. The van der Waals surface area contributed by atoms with Crippen molar-refractivity contribution in [2.45, 2.75) is 20.4 Å². The molecule has 2 aromatic carbocycles. The van der Waals surface area contributed by atoms with Gasteiger partial charge in [-0.2, -0.15) is 0 Å². The molecule has 0 spiro atoms. The maximum atomic E-state index is 13.3. The summed E-state index contributed by atoms with van der Waals surface area (Å²) in [6.07, 6.45) is 0. The Morgan fingerprint density at radius 3 is 2.75 bits per heavy atom. The Morgan fingerprint density at radius 2 is 1.90 bits per heavy atom. The van der Waals surface area contributed by atoms with Crippen molar-refractivity contribution in [2.75, 3.05) is 5.32 Å². The molecule has 0 bridgehead atoms. The second-order valence-electron chi connectivity index (χ2n) is 4.95. The van der Waals surface area contributed by atoms with Gasteiger partial charge < -0.3 is 9.73 Å². The smallest absolute Gasteiger partial charge is 0.134 e. The van der Waals surface area contributed by atoms with Gasteiger partial charge in [-0.3, -0.25) is 0 Å². The van der Waals surface area contributed by atoms with Crippen molar-refractivity contribution >= 4 is 16.7 Å². The molecule has 1 aromatic heterocycles. The van der Waals surface area contributed by atoms with Crippen LogP contribution in [0.3, 0.4) is 0 Å². The zero-order valence-corrected chi connectivity index (χ0v) is 11.5. The molecule has 102 valence electrons. The van der Waals surface area contributed by atoms with E-state index in [-0.39, 0.29) is 5.82 Å². The number of fused-ring (bicyclic) bond motifs is 1. The number of anilines is 1. The maximum Gasteiger partial charge on any atom is 0.134 e. The number of para-hydroxylation sites is 1. The van der Waals surface area contributed by atoms with Crippen LogP contribution >= 0.6 is 0 Å². The van der Waals surface area contributed by atoms with Crippen LogP contribution in [0.4, 0.5) is 10.1 Å². The first-order valence-corrected chi connectivity index (χ1v) is 6.62. The van der Waals surface area contributed by atoms with E-state index in [4.69, 9.17) is 4.42 Å². The Bertz CT molecular complexity index is 761. The topological polar surface area (TPSA) is 25.2 Å². The lowest BCUT2D eigenvalue weighted by atomic mass is 10.1. The molecular formula is C17H16FNO. The highest BCUT2D eigenvalue weighted by Gasteiger charge is 2.10. The van der Waals surface area contributed by atoms with Gasteiger partial charge in [-0.15, -0.1) is 0 Å². The van der Waals surface area contributed by atoms with Crippen LogP contribution in [-0.4, -0.2) is 0 Å². The van der Waals surface area contributed by atoms with Gasteiger partial charge in [-0.05, 0) is 37.6 Å². The molecule has 1 heterocycles. The van der Waals surface area contributed by atoms with E-state index < -0.39 is 0 Å². The Labute approximate surface area is 117 Å². The number of furan rings is 1. The lowest BCUT2D eigenvalue weighted by molar-refractivity contribution is 0.573. The number of rotatable bonds is 3. The van der Waals surface area contributed by atoms with Crippen molar-refractivity contribution in [3.05, 3.63) is 65.2 Å². The van der Waals surface area contributed by atoms with Crippen LogP contribution in [0.5, 0.6) is 0 Å². The molecule has 3 rings (SSSR count). The average Bonchev–Trinajstić information content (AvgIpc) is 2.75. The first-order valence-electron chi connectivity index (χ1n) is 6.62. The van der Waals surface area contributed by atoms with Gasteiger partial charge in [0.1, 0.15) is 17.2 Å². The monoisotopic (exact) mass is 269 g/mol. The molecule has 0 saturated heterocycles. The molecule has 20 heavy (non-hydrogen) atoms. The lowest BCUT2D eigenvalue weighted by Gasteiger charge is -2.09. The molecular weight excluding hydrogens is 253 g/mol. The molecule has 0 atom stereocenters. The molecule has 0 aliphatic carbocycles. The van der Waals surface area contributed by atoms with E-state index in [9.17, 15) is 4.39 Å². The predicted molar refractivity (Wildman–Crippen MR) is 79.4 cm³/mol. The zero-order chi connectivity index (χ0) is 14.1. The number of halogens is 1. The van der Waals surface area contributed by atoms with Crippen LogP contribution in [0.15, 0.2) is 46.9 Å². The normalized spacial score (nSPS) is 10.9. The van der Waals surface area contributed by atoms with Crippen molar-refractivity contribution < 1.29 is 8.81 Å². The summed E-state index contributed by atoms with van der Waals surface area (Å²) in [6.45, 7) is 4.53. The van der Waals surface area contributed by atoms with Gasteiger partial charge >= 0.3 is 0 Å². The third kappa shape index (κ3) is 2.27. The zero-order valence-electron chi connectivity index (χ0n) is 11.5. The largest absolute Gasteiger partial charge is 0.461 e. The van der Waals surface area contributed by atoms with E-state index >= 15 is 0 Å². The molecule has 0 saturated carbocycles. The summed E-state index contributed by atoms with van der Waals surface area (Å²) < 4.78 is 19.0. The molecule has 1 N–H and O–H groups in total. The molecule has 0 unspecified atom stereocenters. The first-order chi connectivity index (χ1) is 9.65.